The third-order valence-corrected chi connectivity index (χ3v) is 5.12. The number of rotatable bonds is 6. The lowest BCUT2D eigenvalue weighted by Crippen LogP contribution is -2.37. The zero-order valence-corrected chi connectivity index (χ0v) is 15.6. The molecule has 0 N–H and O–H groups in total. The predicted molar refractivity (Wildman–Crippen MR) is 102 cm³/mol. The fourth-order valence-electron chi connectivity index (χ4n) is 3.42. The number of likely N-dealkylation sites (tertiary alicyclic amines) is 1. The van der Waals surface area contributed by atoms with Gasteiger partial charge in [0.25, 0.3) is 0 Å². The van der Waals surface area contributed by atoms with Crippen LogP contribution in [0.1, 0.15) is 47.7 Å². The summed E-state index contributed by atoms with van der Waals surface area (Å²) in [5.41, 5.74) is 2.85. The molecule has 1 aliphatic heterocycles. The topological polar surface area (TPSA) is 38.8 Å². The Hall–Kier alpha value is -2.33. The zero-order chi connectivity index (χ0) is 18.4. The van der Waals surface area contributed by atoms with Crippen LogP contribution in [0.3, 0.4) is 0 Å². The maximum absolute atomic E-state index is 12.3. The molecule has 1 heterocycles. The largest absolute Gasteiger partial charge is 0.497 e. The van der Waals surface area contributed by atoms with E-state index in [2.05, 4.69) is 24.0 Å². The molecule has 138 valence electrons. The van der Waals surface area contributed by atoms with Gasteiger partial charge >= 0.3 is 5.97 Å². The summed E-state index contributed by atoms with van der Waals surface area (Å²) in [7, 11) is 1.60. The third kappa shape index (κ3) is 4.64. The van der Waals surface area contributed by atoms with Crippen LogP contribution in [0.2, 0.25) is 0 Å². The molecular formula is C22H27NO3. The van der Waals surface area contributed by atoms with Crippen LogP contribution in [-0.4, -0.2) is 30.6 Å². The van der Waals surface area contributed by atoms with Gasteiger partial charge in [-0.05, 0) is 61.7 Å². The molecule has 2 aromatic carbocycles. The van der Waals surface area contributed by atoms with Crippen LogP contribution in [0.4, 0.5) is 0 Å². The Morgan fingerprint density at radius 2 is 1.81 bits per heavy atom. The molecule has 0 unspecified atom stereocenters. The molecule has 0 radical (unpaired) electrons. The highest BCUT2D eigenvalue weighted by Crippen LogP contribution is 2.21. The van der Waals surface area contributed by atoms with Gasteiger partial charge in [0.1, 0.15) is 12.4 Å². The van der Waals surface area contributed by atoms with Crippen molar-refractivity contribution in [2.45, 2.75) is 45.4 Å². The number of carbonyl (C=O) groups excluding carboxylic acids is 1. The van der Waals surface area contributed by atoms with Crippen LogP contribution in [0, 0.1) is 0 Å². The van der Waals surface area contributed by atoms with Gasteiger partial charge in [0.05, 0.1) is 12.7 Å². The van der Waals surface area contributed by atoms with Gasteiger partial charge in [-0.1, -0.05) is 30.7 Å². The number of esters is 1. The van der Waals surface area contributed by atoms with Crippen LogP contribution >= 0.6 is 0 Å². The van der Waals surface area contributed by atoms with Crippen LogP contribution in [0.15, 0.2) is 48.5 Å². The van der Waals surface area contributed by atoms with E-state index in [9.17, 15) is 4.79 Å². The molecule has 3 rings (SSSR count). The number of piperidine rings is 1. The lowest BCUT2D eigenvalue weighted by molar-refractivity contribution is 0.0470. The maximum Gasteiger partial charge on any atom is 0.338 e. The van der Waals surface area contributed by atoms with Crippen molar-refractivity contribution in [1.29, 1.82) is 0 Å². The van der Waals surface area contributed by atoms with Crippen molar-refractivity contribution in [1.82, 2.24) is 4.90 Å². The van der Waals surface area contributed by atoms with Crippen LogP contribution in [-0.2, 0) is 17.9 Å². The standard InChI is InChI=1S/C22H27NO3/c1-17-7-5-6-14-23(17)15-19-8-3-4-9-20(19)16-26-22(24)18-10-12-21(25-2)13-11-18/h3-4,8-13,17H,5-7,14-16H2,1-2H3/t17-/m1/s1. The number of nitrogens with zero attached hydrogens (tertiary/aromatic N) is 1. The second-order valence-electron chi connectivity index (χ2n) is 6.89. The molecule has 0 aliphatic carbocycles. The second kappa shape index (κ2) is 8.86. The molecule has 0 bridgehead atoms. The molecule has 0 aromatic heterocycles. The monoisotopic (exact) mass is 353 g/mol. The van der Waals surface area contributed by atoms with E-state index in [0.29, 0.717) is 18.2 Å². The molecule has 1 fully saturated rings. The Balaban J connectivity index is 1.63. The molecule has 4 nitrogen and oxygen atoms in total. The molecule has 26 heavy (non-hydrogen) atoms. The number of carbonyl (C=O) groups is 1. The fourth-order valence-corrected chi connectivity index (χ4v) is 3.42. The summed E-state index contributed by atoms with van der Waals surface area (Å²) in [4.78, 5) is 14.8. The first kappa shape index (κ1) is 18.5. The highest BCUT2D eigenvalue weighted by atomic mass is 16.5. The first-order chi connectivity index (χ1) is 12.7. The molecular weight excluding hydrogens is 326 g/mol. The number of methoxy groups -OCH3 is 1. The van der Waals surface area contributed by atoms with E-state index in [4.69, 9.17) is 9.47 Å². The average molecular weight is 353 g/mol. The van der Waals surface area contributed by atoms with Crippen molar-refractivity contribution < 1.29 is 14.3 Å². The van der Waals surface area contributed by atoms with Crippen molar-refractivity contribution in [2.24, 2.45) is 0 Å². The molecule has 0 saturated carbocycles. The zero-order valence-electron chi connectivity index (χ0n) is 15.6. The summed E-state index contributed by atoms with van der Waals surface area (Å²) in [6, 6.07) is 15.8. The Morgan fingerprint density at radius 1 is 1.08 bits per heavy atom. The fraction of sp³-hybridized carbons (Fsp3) is 0.409. The average Bonchev–Trinajstić information content (AvgIpc) is 2.69. The van der Waals surface area contributed by atoms with Crippen LogP contribution in [0.5, 0.6) is 5.75 Å². The minimum absolute atomic E-state index is 0.295. The number of hydrogen-bond donors (Lipinski definition) is 0. The van der Waals surface area contributed by atoms with Gasteiger partial charge in [-0.25, -0.2) is 4.79 Å². The molecule has 1 aliphatic rings. The SMILES string of the molecule is COc1ccc(C(=O)OCc2ccccc2CN2CCCC[C@H]2C)cc1. The summed E-state index contributed by atoms with van der Waals surface area (Å²) in [6.45, 7) is 4.65. The van der Waals surface area contributed by atoms with E-state index in [0.717, 1.165) is 24.4 Å². The van der Waals surface area contributed by atoms with Gasteiger partial charge in [0, 0.05) is 12.6 Å². The number of ether oxygens (including phenoxy) is 2. The van der Waals surface area contributed by atoms with Gasteiger partial charge < -0.3 is 9.47 Å². The second-order valence-corrected chi connectivity index (χ2v) is 6.89. The molecule has 0 spiro atoms. The van der Waals surface area contributed by atoms with Crippen molar-refractivity contribution in [3.05, 3.63) is 65.2 Å². The predicted octanol–water partition coefficient (Wildman–Crippen LogP) is 4.43. The molecule has 2 aromatic rings. The molecule has 1 saturated heterocycles. The summed E-state index contributed by atoms with van der Waals surface area (Å²) >= 11 is 0. The van der Waals surface area contributed by atoms with Crippen LogP contribution in [0.25, 0.3) is 0 Å². The Bertz CT molecular complexity index is 726. The van der Waals surface area contributed by atoms with E-state index in [1.807, 2.05) is 12.1 Å². The Kier molecular flexibility index (Phi) is 6.29. The van der Waals surface area contributed by atoms with E-state index in [-0.39, 0.29) is 5.97 Å². The number of benzene rings is 2. The van der Waals surface area contributed by atoms with Crippen molar-refractivity contribution in [3.8, 4) is 5.75 Å². The van der Waals surface area contributed by atoms with Gasteiger partial charge in [-0.3, -0.25) is 4.90 Å². The summed E-state index contributed by atoms with van der Waals surface area (Å²) in [6.07, 6.45) is 3.84. The van der Waals surface area contributed by atoms with Gasteiger partial charge in [-0.15, -0.1) is 0 Å². The first-order valence-electron chi connectivity index (χ1n) is 9.29. The minimum atomic E-state index is -0.311. The van der Waals surface area contributed by atoms with Crippen molar-refractivity contribution in [3.63, 3.8) is 0 Å². The summed E-state index contributed by atoms with van der Waals surface area (Å²) < 4.78 is 10.7. The third-order valence-electron chi connectivity index (χ3n) is 5.12. The normalized spacial score (nSPS) is 17.7. The quantitative estimate of drug-likeness (QED) is 0.720. The number of hydrogen-bond acceptors (Lipinski definition) is 4. The van der Waals surface area contributed by atoms with E-state index >= 15 is 0 Å². The first-order valence-corrected chi connectivity index (χ1v) is 9.29. The van der Waals surface area contributed by atoms with E-state index in [1.54, 1.807) is 31.4 Å². The molecule has 4 heteroatoms. The van der Waals surface area contributed by atoms with Gasteiger partial charge in [-0.2, -0.15) is 0 Å². The highest BCUT2D eigenvalue weighted by Gasteiger charge is 2.19. The van der Waals surface area contributed by atoms with Gasteiger partial charge in [0.15, 0.2) is 0 Å². The summed E-state index contributed by atoms with van der Waals surface area (Å²) in [5, 5.41) is 0. The van der Waals surface area contributed by atoms with Crippen LogP contribution < -0.4 is 4.74 Å². The van der Waals surface area contributed by atoms with Crippen molar-refractivity contribution >= 4 is 5.97 Å². The van der Waals surface area contributed by atoms with E-state index < -0.39 is 0 Å². The van der Waals surface area contributed by atoms with E-state index in [1.165, 1.54) is 24.8 Å². The van der Waals surface area contributed by atoms with Gasteiger partial charge in [0.2, 0.25) is 0 Å². The maximum atomic E-state index is 12.3. The lowest BCUT2D eigenvalue weighted by atomic mass is 10.0. The minimum Gasteiger partial charge on any atom is -0.497 e. The molecule has 1 atom stereocenters. The Morgan fingerprint density at radius 3 is 2.50 bits per heavy atom. The molecule has 0 amide bonds. The highest BCUT2D eigenvalue weighted by molar-refractivity contribution is 5.89. The smallest absolute Gasteiger partial charge is 0.338 e. The lowest BCUT2D eigenvalue weighted by Gasteiger charge is -2.33. The Labute approximate surface area is 155 Å². The van der Waals surface area contributed by atoms with Crippen molar-refractivity contribution in [2.75, 3.05) is 13.7 Å². The summed E-state index contributed by atoms with van der Waals surface area (Å²) in [5.74, 6) is 0.413.